The van der Waals surface area contributed by atoms with Gasteiger partial charge in [0.2, 0.25) is 5.91 Å². The van der Waals surface area contributed by atoms with Crippen molar-refractivity contribution in [1.29, 1.82) is 0 Å². The summed E-state index contributed by atoms with van der Waals surface area (Å²) >= 11 is 0. The fraction of sp³-hybridized carbons (Fsp3) is 0.312. The van der Waals surface area contributed by atoms with Gasteiger partial charge in [-0.1, -0.05) is 0 Å². The minimum atomic E-state index is -1.56. The van der Waals surface area contributed by atoms with Gasteiger partial charge >= 0.3 is 0 Å². The zero-order valence-corrected chi connectivity index (χ0v) is 13.9. The number of rotatable bonds is 3. The minimum absolute atomic E-state index is 0.107. The van der Waals surface area contributed by atoms with Crippen LogP contribution in [-0.4, -0.2) is 44.3 Å². The zero-order chi connectivity index (χ0) is 19.0. The Bertz CT molecular complexity index is 978. The van der Waals surface area contributed by atoms with Crippen LogP contribution in [0.5, 0.6) is 0 Å². The van der Waals surface area contributed by atoms with Gasteiger partial charge < -0.3 is 10.2 Å². The Morgan fingerprint density at radius 3 is 2.52 bits per heavy atom. The number of nitrogens with zero attached hydrogens (tertiary/aromatic N) is 6. The molecule has 1 N–H and O–H groups in total. The molecule has 1 fully saturated rings. The van der Waals surface area contributed by atoms with Crippen molar-refractivity contribution in [2.24, 2.45) is 5.92 Å². The molecular weight excluding hydrogens is 363 g/mol. The van der Waals surface area contributed by atoms with E-state index in [0.717, 1.165) is 12.1 Å². The summed E-state index contributed by atoms with van der Waals surface area (Å²) < 4.78 is 40.8. The Balaban J connectivity index is 1.39. The molecule has 1 aliphatic heterocycles. The molecule has 11 heteroatoms. The first-order valence-corrected chi connectivity index (χ1v) is 8.27. The molecule has 1 saturated heterocycles. The number of tetrazole rings is 1. The van der Waals surface area contributed by atoms with Crippen molar-refractivity contribution >= 4 is 23.1 Å². The van der Waals surface area contributed by atoms with Crippen LogP contribution in [0, 0.1) is 23.4 Å². The van der Waals surface area contributed by atoms with Crippen LogP contribution in [0.1, 0.15) is 12.8 Å². The van der Waals surface area contributed by atoms with Gasteiger partial charge in [0.15, 0.2) is 28.9 Å². The lowest BCUT2D eigenvalue weighted by Crippen LogP contribution is -2.38. The molecule has 0 bridgehead atoms. The number of aromatic nitrogens is 5. The zero-order valence-electron chi connectivity index (χ0n) is 13.9. The van der Waals surface area contributed by atoms with E-state index in [1.807, 2.05) is 4.90 Å². The van der Waals surface area contributed by atoms with Crippen molar-refractivity contribution in [3.63, 3.8) is 0 Å². The van der Waals surface area contributed by atoms with E-state index < -0.39 is 17.5 Å². The molecular formula is C16H14F3N7O. The Morgan fingerprint density at radius 2 is 1.81 bits per heavy atom. The standard InChI is InChI=1S/C16H14F3N7O/c17-11-7-10(8-12(18)15(11)19)20-16(27)9-3-5-25(6-4-9)14-2-1-13-21-23-24-26(13)22-14/h1-2,7-9H,3-6H2,(H,20,27). The fourth-order valence-corrected chi connectivity index (χ4v) is 3.05. The molecule has 1 aliphatic rings. The molecule has 8 nitrogen and oxygen atoms in total. The average molecular weight is 377 g/mol. The first kappa shape index (κ1) is 17.2. The van der Waals surface area contributed by atoms with E-state index in [1.54, 1.807) is 12.1 Å². The molecule has 1 aromatic carbocycles. The third-order valence-corrected chi connectivity index (χ3v) is 4.50. The minimum Gasteiger partial charge on any atom is -0.355 e. The monoisotopic (exact) mass is 377 g/mol. The second kappa shape index (κ2) is 6.82. The SMILES string of the molecule is O=C(Nc1cc(F)c(F)c(F)c1)C1CCN(c2ccc3nnnn3n2)CC1. The first-order chi connectivity index (χ1) is 13.0. The van der Waals surface area contributed by atoms with Crippen molar-refractivity contribution in [3.8, 4) is 0 Å². The van der Waals surface area contributed by atoms with E-state index in [4.69, 9.17) is 0 Å². The molecule has 1 amide bonds. The van der Waals surface area contributed by atoms with E-state index in [0.29, 0.717) is 37.4 Å². The van der Waals surface area contributed by atoms with Crippen molar-refractivity contribution in [3.05, 3.63) is 41.7 Å². The van der Waals surface area contributed by atoms with Crippen LogP contribution in [-0.2, 0) is 4.79 Å². The molecule has 3 heterocycles. The summed E-state index contributed by atoms with van der Waals surface area (Å²) in [5.41, 5.74) is 0.427. The third-order valence-electron chi connectivity index (χ3n) is 4.50. The van der Waals surface area contributed by atoms with Gasteiger partial charge in [-0.2, -0.15) is 0 Å². The highest BCUT2D eigenvalue weighted by molar-refractivity contribution is 5.92. The molecule has 0 aliphatic carbocycles. The quantitative estimate of drug-likeness (QED) is 0.700. The van der Waals surface area contributed by atoms with Gasteiger partial charge in [-0.15, -0.1) is 14.8 Å². The Labute approximate surface area is 151 Å². The van der Waals surface area contributed by atoms with Crippen molar-refractivity contribution < 1.29 is 18.0 Å². The molecule has 2 aromatic heterocycles. The van der Waals surface area contributed by atoms with Crippen LogP contribution in [0.3, 0.4) is 0 Å². The Kier molecular flexibility index (Phi) is 4.34. The number of piperidine rings is 1. The predicted octanol–water partition coefficient (Wildman–Crippen LogP) is 1.79. The summed E-state index contributed by atoms with van der Waals surface area (Å²) in [5.74, 6) is -4.24. The van der Waals surface area contributed by atoms with E-state index in [1.165, 1.54) is 4.63 Å². The van der Waals surface area contributed by atoms with Gasteiger partial charge in [0.1, 0.15) is 0 Å². The smallest absolute Gasteiger partial charge is 0.227 e. The van der Waals surface area contributed by atoms with Gasteiger partial charge in [-0.25, -0.2) is 13.2 Å². The maximum Gasteiger partial charge on any atom is 0.227 e. The van der Waals surface area contributed by atoms with Gasteiger partial charge in [0, 0.05) is 36.8 Å². The number of fused-ring (bicyclic) bond motifs is 1. The highest BCUT2D eigenvalue weighted by Gasteiger charge is 2.26. The lowest BCUT2D eigenvalue weighted by Gasteiger charge is -2.31. The maximum absolute atomic E-state index is 13.3. The highest BCUT2D eigenvalue weighted by atomic mass is 19.2. The molecule has 0 unspecified atom stereocenters. The molecule has 27 heavy (non-hydrogen) atoms. The van der Waals surface area contributed by atoms with Crippen LogP contribution < -0.4 is 10.2 Å². The first-order valence-electron chi connectivity index (χ1n) is 8.27. The Hall–Kier alpha value is -3.24. The van der Waals surface area contributed by atoms with Gasteiger partial charge in [-0.05, 0) is 35.4 Å². The number of hydrogen-bond donors (Lipinski definition) is 1. The number of halogens is 3. The summed E-state index contributed by atoms with van der Waals surface area (Å²) in [6.45, 7) is 1.15. The number of anilines is 2. The number of hydrogen-bond acceptors (Lipinski definition) is 6. The number of nitrogens with one attached hydrogen (secondary N) is 1. The number of carbonyl (C=O) groups excluding carboxylic acids is 1. The lowest BCUT2D eigenvalue weighted by molar-refractivity contribution is -0.120. The van der Waals surface area contributed by atoms with E-state index in [2.05, 4.69) is 25.9 Å². The predicted molar refractivity (Wildman–Crippen MR) is 88.5 cm³/mol. The second-order valence-corrected chi connectivity index (χ2v) is 6.22. The second-order valence-electron chi connectivity index (χ2n) is 6.22. The normalized spacial score (nSPS) is 15.3. The van der Waals surface area contributed by atoms with Crippen molar-refractivity contribution in [1.82, 2.24) is 25.3 Å². The highest BCUT2D eigenvalue weighted by Crippen LogP contribution is 2.24. The third kappa shape index (κ3) is 3.39. The Morgan fingerprint density at radius 1 is 1.11 bits per heavy atom. The molecule has 3 aromatic rings. The molecule has 0 saturated carbocycles. The van der Waals surface area contributed by atoms with Crippen molar-refractivity contribution in [2.45, 2.75) is 12.8 Å². The molecule has 0 radical (unpaired) electrons. The van der Waals surface area contributed by atoms with Gasteiger partial charge in [-0.3, -0.25) is 4.79 Å². The van der Waals surface area contributed by atoms with E-state index >= 15 is 0 Å². The fourth-order valence-electron chi connectivity index (χ4n) is 3.05. The molecule has 0 atom stereocenters. The van der Waals surface area contributed by atoms with Crippen molar-refractivity contribution in [2.75, 3.05) is 23.3 Å². The number of amides is 1. The van der Waals surface area contributed by atoms with Crippen LogP contribution >= 0.6 is 0 Å². The summed E-state index contributed by atoms with van der Waals surface area (Å²) in [4.78, 5) is 14.3. The van der Waals surface area contributed by atoms with Crippen LogP contribution in [0.4, 0.5) is 24.7 Å². The largest absolute Gasteiger partial charge is 0.355 e. The maximum atomic E-state index is 13.3. The van der Waals surface area contributed by atoms with Crippen LogP contribution in [0.15, 0.2) is 24.3 Å². The summed E-state index contributed by atoms with van der Waals surface area (Å²) in [6, 6.07) is 5.07. The van der Waals surface area contributed by atoms with E-state index in [-0.39, 0.29) is 17.5 Å². The lowest BCUT2D eigenvalue weighted by atomic mass is 9.96. The number of carbonyl (C=O) groups is 1. The number of benzene rings is 1. The molecule has 4 rings (SSSR count). The average Bonchev–Trinajstić information content (AvgIpc) is 3.14. The summed E-state index contributed by atoms with van der Waals surface area (Å²) in [7, 11) is 0. The van der Waals surface area contributed by atoms with E-state index in [9.17, 15) is 18.0 Å². The topological polar surface area (TPSA) is 88.3 Å². The van der Waals surface area contributed by atoms with Gasteiger partial charge in [0.05, 0.1) is 0 Å². The van der Waals surface area contributed by atoms with Crippen LogP contribution in [0.2, 0.25) is 0 Å². The molecule has 140 valence electrons. The van der Waals surface area contributed by atoms with Gasteiger partial charge in [0.25, 0.3) is 0 Å². The summed E-state index contributed by atoms with van der Waals surface area (Å²) in [6.07, 6.45) is 1.07. The summed E-state index contributed by atoms with van der Waals surface area (Å²) in [5, 5.41) is 17.8. The molecule has 0 spiro atoms. The van der Waals surface area contributed by atoms with Crippen LogP contribution in [0.25, 0.3) is 5.65 Å².